The molecule has 8 nitrogen and oxygen atoms in total. The van der Waals surface area contributed by atoms with Crippen LogP contribution in [0.4, 0.5) is 5.69 Å². The molecular weight excluding hydrogens is 338 g/mol. The second-order valence-corrected chi connectivity index (χ2v) is 7.09. The highest BCUT2D eigenvalue weighted by Crippen LogP contribution is 2.66. The molecule has 26 heavy (non-hydrogen) atoms. The molecule has 2 aliphatic carbocycles. The number of amides is 1. The molecule has 0 aliphatic heterocycles. The molecular formula is C18H23N3O5. The molecule has 2 aliphatic rings. The first-order valence-corrected chi connectivity index (χ1v) is 8.65. The average Bonchev–Trinajstić information content (AvgIpc) is 3.26. The van der Waals surface area contributed by atoms with Gasteiger partial charge in [-0.3, -0.25) is 14.9 Å². The Bertz CT molecular complexity index is 763. The van der Waals surface area contributed by atoms with Gasteiger partial charge in [-0.15, -0.1) is 0 Å². The van der Waals surface area contributed by atoms with Crippen molar-refractivity contribution in [3.05, 3.63) is 27.8 Å². The zero-order chi connectivity index (χ0) is 18.9. The third kappa shape index (κ3) is 3.11. The summed E-state index contributed by atoms with van der Waals surface area (Å²) in [6.07, 6.45) is 5.89. The van der Waals surface area contributed by atoms with Gasteiger partial charge in [0.05, 0.1) is 25.4 Å². The van der Waals surface area contributed by atoms with E-state index in [4.69, 9.17) is 9.47 Å². The molecule has 1 aromatic rings. The van der Waals surface area contributed by atoms with Crippen LogP contribution in [0.3, 0.4) is 0 Å². The lowest BCUT2D eigenvalue weighted by Crippen LogP contribution is -2.22. The summed E-state index contributed by atoms with van der Waals surface area (Å²) >= 11 is 0. The van der Waals surface area contributed by atoms with Gasteiger partial charge in [0, 0.05) is 23.6 Å². The van der Waals surface area contributed by atoms with Crippen LogP contribution in [0.25, 0.3) is 0 Å². The number of carbonyl (C=O) groups excluding carboxylic acids is 1. The number of nitro benzene ring substituents is 1. The van der Waals surface area contributed by atoms with E-state index in [0.717, 1.165) is 12.8 Å². The number of hydrogen-bond donors (Lipinski definition) is 1. The fourth-order valence-electron chi connectivity index (χ4n) is 4.24. The second-order valence-electron chi connectivity index (χ2n) is 7.09. The van der Waals surface area contributed by atoms with Crippen LogP contribution in [-0.2, 0) is 4.79 Å². The van der Waals surface area contributed by atoms with Gasteiger partial charge in [-0.25, -0.2) is 5.43 Å². The van der Waals surface area contributed by atoms with E-state index in [1.807, 2.05) is 0 Å². The molecule has 0 spiro atoms. The molecule has 3 rings (SSSR count). The van der Waals surface area contributed by atoms with Gasteiger partial charge in [-0.2, -0.15) is 5.10 Å². The third-order valence-corrected chi connectivity index (χ3v) is 5.72. The minimum absolute atomic E-state index is 0.00856. The van der Waals surface area contributed by atoms with Crippen molar-refractivity contribution >= 4 is 17.8 Å². The zero-order valence-corrected chi connectivity index (χ0v) is 15.2. The van der Waals surface area contributed by atoms with E-state index in [-0.39, 0.29) is 28.7 Å². The number of benzene rings is 1. The molecule has 1 amide bonds. The Labute approximate surface area is 151 Å². The number of nitro groups is 1. The highest BCUT2D eigenvalue weighted by atomic mass is 16.6. The number of carbonyl (C=O) groups is 1. The van der Waals surface area contributed by atoms with Crippen molar-refractivity contribution in [1.82, 2.24) is 5.43 Å². The molecule has 140 valence electrons. The normalized spacial score (nSPS) is 26.9. The Morgan fingerprint density at radius 2 is 2.08 bits per heavy atom. The first-order valence-electron chi connectivity index (χ1n) is 8.65. The summed E-state index contributed by atoms with van der Waals surface area (Å²) in [4.78, 5) is 23.0. The van der Waals surface area contributed by atoms with Crippen LogP contribution in [0.1, 0.15) is 38.2 Å². The first-order chi connectivity index (χ1) is 12.4. The number of rotatable bonds is 6. The van der Waals surface area contributed by atoms with Crippen LogP contribution >= 0.6 is 0 Å². The lowest BCUT2D eigenvalue weighted by molar-refractivity contribution is -0.385. The van der Waals surface area contributed by atoms with Gasteiger partial charge in [-0.05, 0) is 24.2 Å². The fourth-order valence-corrected chi connectivity index (χ4v) is 4.24. The highest BCUT2D eigenvalue weighted by Gasteiger charge is 2.64. The van der Waals surface area contributed by atoms with Crippen molar-refractivity contribution in [3.63, 3.8) is 0 Å². The zero-order valence-electron chi connectivity index (χ0n) is 15.2. The van der Waals surface area contributed by atoms with Crippen LogP contribution in [0, 0.1) is 27.4 Å². The van der Waals surface area contributed by atoms with Crippen LogP contribution in [0.5, 0.6) is 11.5 Å². The predicted octanol–water partition coefficient (Wildman–Crippen LogP) is 2.89. The molecule has 0 unspecified atom stereocenters. The molecule has 0 saturated heterocycles. The smallest absolute Gasteiger partial charge is 0.311 e. The number of methoxy groups -OCH3 is 2. The summed E-state index contributed by atoms with van der Waals surface area (Å²) in [5, 5.41) is 15.2. The Morgan fingerprint density at radius 1 is 1.35 bits per heavy atom. The lowest BCUT2D eigenvalue weighted by Gasteiger charge is -2.15. The Morgan fingerprint density at radius 3 is 2.65 bits per heavy atom. The fraction of sp³-hybridized carbons (Fsp3) is 0.556. The molecule has 8 heteroatoms. The maximum absolute atomic E-state index is 12.4. The molecule has 0 bridgehead atoms. The van der Waals surface area contributed by atoms with Crippen LogP contribution in [0.2, 0.25) is 0 Å². The van der Waals surface area contributed by atoms with Gasteiger partial charge < -0.3 is 9.47 Å². The van der Waals surface area contributed by atoms with Crippen LogP contribution < -0.4 is 14.9 Å². The molecule has 2 fully saturated rings. The lowest BCUT2D eigenvalue weighted by atomic mass is 9.90. The number of hydrogen-bond acceptors (Lipinski definition) is 6. The maximum atomic E-state index is 12.4. The SMILES string of the molecule is COc1cc(OC)c([N+](=O)[O-])cc1/C=N\NC(=O)[C@@H]1[C@H]2CCCC[C@]21C. The summed E-state index contributed by atoms with van der Waals surface area (Å²) in [6.45, 7) is 2.17. The van der Waals surface area contributed by atoms with Gasteiger partial charge in [0.2, 0.25) is 11.7 Å². The topological polar surface area (TPSA) is 103 Å². The highest BCUT2D eigenvalue weighted by molar-refractivity contribution is 5.88. The van der Waals surface area contributed by atoms with Gasteiger partial charge in [0.25, 0.3) is 0 Å². The van der Waals surface area contributed by atoms with Gasteiger partial charge >= 0.3 is 5.69 Å². The van der Waals surface area contributed by atoms with E-state index in [1.165, 1.54) is 45.4 Å². The standard InChI is InChI=1S/C18H23N3O5/c1-18-7-5-4-6-12(18)16(18)17(22)20-19-10-11-8-13(21(23)24)15(26-3)9-14(11)25-2/h8-10,12,16H,4-7H2,1-3H3,(H,20,22)/b19-10-/t12-,16+,18-/m1/s1. The number of hydrazone groups is 1. The van der Waals surface area contributed by atoms with E-state index in [1.54, 1.807) is 0 Å². The summed E-state index contributed by atoms with van der Waals surface area (Å²) in [5.74, 6) is 0.843. The predicted molar refractivity (Wildman–Crippen MR) is 95.5 cm³/mol. The van der Waals surface area contributed by atoms with Crippen molar-refractivity contribution in [1.29, 1.82) is 0 Å². The van der Waals surface area contributed by atoms with Crippen molar-refractivity contribution in [3.8, 4) is 11.5 Å². The molecule has 1 aromatic carbocycles. The maximum Gasteiger partial charge on any atom is 0.311 e. The van der Waals surface area contributed by atoms with E-state index in [9.17, 15) is 14.9 Å². The van der Waals surface area contributed by atoms with Crippen molar-refractivity contribution < 1.29 is 19.2 Å². The quantitative estimate of drug-likeness (QED) is 0.477. The van der Waals surface area contributed by atoms with Crippen LogP contribution in [0.15, 0.2) is 17.2 Å². The molecule has 0 heterocycles. The number of ether oxygens (including phenoxy) is 2. The van der Waals surface area contributed by atoms with Crippen molar-refractivity contribution in [2.45, 2.75) is 32.6 Å². The largest absolute Gasteiger partial charge is 0.496 e. The van der Waals surface area contributed by atoms with Crippen LogP contribution in [-0.4, -0.2) is 31.3 Å². The summed E-state index contributed by atoms with van der Waals surface area (Å²) < 4.78 is 10.2. The summed E-state index contributed by atoms with van der Waals surface area (Å²) in [7, 11) is 2.80. The number of fused-ring (bicyclic) bond motifs is 1. The molecule has 3 atom stereocenters. The third-order valence-electron chi connectivity index (χ3n) is 5.72. The van der Waals surface area contributed by atoms with E-state index >= 15 is 0 Å². The van der Waals surface area contributed by atoms with Crippen molar-refractivity contribution in [2.75, 3.05) is 14.2 Å². The minimum Gasteiger partial charge on any atom is -0.496 e. The molecule has 1 N–H and O–H groups in total. The van der Waals surface area contributed by atoms with E-state index in [0.29, 0.717) is 17.2 Å². The Kier molecular flexibility index (Phi) is 4.84. The first kappa shape index (κ1) is 18.2. The average molecular weight is 361 g/mol. The monoisotopic (exact) mass is 361 g/mol. The van der Waals surface area contributed by atoms with Gasteiger partial charge in [0.1, 0.15) is 5.75 Å². The summed E-state index contributed by atoms with van der Waals surface area (Å²) in [6, 6.07) is 2.74. The van der Waals surface area contributed by atoms with E-state index < -0.39 is 4.92 Å². The second kappa shape index (κ2) is 6.93. The minimum atomic E-state index is -0.538. The van der Waals surface area contributed by atoms with E-state index in [2.05, 4.69) is 17.5 Å². The number of nitrogens with zero attached hydrogens (tertiary/aromatic N) is 2. The Balaban J connectivity index is 1.73. The molecule has 0 radical (unpaired) electrons. The van der Waals surface area contributed by atoms with Crippen molar-refractivity contribution in [2.24, 2.45) is 22.4 Å². The Hall–Kier alpha value is -2.64. The number of nitrogens with one attached hydrogen (secondary N) is 1. The molecule has 0 aromatic heterocycles. The van der Waals surface area contributed by atoms with Gasteiger partial charge in [-0.1, -0.05) is 19.8 Å². The summed E-state index contributed by atoms with van der Waals surface area (Å²) in [5.41, 5.74) is 2.88. The molecule has 2 saturated carbocycles. The van der Waals surface area contributed by atoms with Gasteiger partial charge in [0.15, 0.2) is 0 Å².